The molecular weight excluding hydrogens is 401 g/mol. The zero-order valence-electron chi connectivity index (χ0n) is 16.5. The van der Waals surface area contributed by atoms with Crippen LogP contribution in [-0.2, 0) is 11.0 Å². The lowest BCUT2D eigenvalue weighted by Gasteiger charge is -2.46. The van der Waals surface area contributed by atoms with Gasteiger partial charge in [0.2, 0.25) is 5.91 Å². The number of likely N-dealkylation sites (tertiary alicyclic amines) is 1. The van der Waals surface area contributed by atoms with Crippen LogP contribution in [0.2, 0.25) is 0 Å². The first-order valence-corrected chi connectivity index (χ1v) is 10.6. The molecule has 2 aliphatic carbocycles. The van der Waals surface area contributed by atoms with Gasteiger partial charge in [-0.15, -0.1) is 12.4 Å². The fourth-order valence-electron chi connectivity index (χ4n) is 5.79. The number of nitrogens with two attached hydrogens (primary N) is 1. The van der Waals surface area contributed by atoms with E-state index in [4.69, 9.17) is 5.73 Å². The van der Waals surface area contributed by atoms with E-state index in [1.807, 2.05) is 0 Å². The number of rotatable bonds is 2. The lowest BCUT2D eigenvalue weighted by molar-refractivity contribution is -0.145. The molecule has 1 aliphatic heterocycles. The molecule has 0 radical (unpaired) electrons. The fourth-order valence-corrected chi connectivity index (χ4v) is 5.79. The van der Waals surface area contributed by atoms with Gasteiger partial charge in [-0.3, -0.25) is 4.79 Å². The molecule has 0 spiro atoms. The van der Waals surface area contributed by atoms with Gasteiger partial charge in [-0.1, -0.05) is 24.6 Å². The van der Waals surface area contributed by atoms with Crippen molar-refractivity contribution in [3.05, 3.63) is 35.4 Å². The van der Waals surface area contributed by atoms with Gasteiger partial charge < -0.3 is 10.6 Å². The Morgan fingerprint density at radius 1 is 1.00 bits per heavy atom. The maximum atomic E-state index is 13.6. The molecule has 0 aromatic heterocycles. The molecule has 2 saturated carbocycles. The quantitative estimate of drug-likeness (QED) is 0.688. The van der Waals surface area contributed by atoms with Crippen molar-refractivity contribution in [2.24, 2.45) is 23.5 Å². The van der Waals surface area contributed by atoms with Crippen LogP contribution in [-0.4, -0.2) is 23.4 Å². The van der Waals surface area contributed by atoms with Crippen molar-refractivity contribution in [2.75, 3.05) is 6.54 Å². The fraction of sp³-hybridized carbons (Fsp3) is 0.682. The number of amides is 1. The topological polar surface area (TPSA) is 46.3 Å². The third-order valence-electron chi connectivity index (χ3n) is 7.17. The average Bonchev–Trinajstić information content (AvgIpc) is 2.66. The van der Waals surface area contributed by atoms with Crippen LogP contribution >= 0.6 is 12.4 Å². The van der Waals surface area contributed by atoms with Crippen LogP contribution in [0.1, 0.15) is 68.5 Å². The number of halogens is 4. The average molecular weight is 431 g/mol. The number of piperidine rings is 1. The molecule has 1 aromatic rings. The first-order chi connectivity index (χ1) is 13.4. The summed E-state index contributed by atoms with van der Waals surface area (Å²) in [4.78, 5) is 15.2. The minimum atomic E-state index is -4.41. The van der Waals surface area contributed by atoms with Gasteiger partial charge in [0, 0.05) is 18.5 Å². The standard InChI is InChI=1S/C22H29F3N2O.ClH/c23-22(24,25)18-9-2-1-8-17(18)19-10-3-4-11-27(19)21(28)16-12-14-6-5-7-15(13-16)20(14)26;/h1-2,8-9,14-16,19-20H,3-7,10-13,26H2;1H. The molecule has 2 N–H and O–H groups in total. The maximum Gasteiger partial charge on any atom is 0.416 e. The highest BCUT2D eigenvalue weighted by Crippen LogP contribution is 2.45. The van der Waals surface area contributed by atoms with Gasteiger partial charge in [-0.05, 0) is 68.4 Å². The second-order valence-corrected chi connectivity index (χ2v) is 8.82. The monoisotopic (exact) mass is 430 g/mol. The van der Waals surface area contributed by atoms with Gasteiger partial charge in [0.05, 0.1) is 11.6 Å². The van der Waals surface area contributed by atoms with E-state index in [1.165, 1.54) is 12.5 Å². The van der Waals surface area contributed by atoms with E-state index in [1.54, 1.807) is 17.0 Å². The highest BCUT2D eigenvalue weighted by Gasteiger charge is 2.44. The largest absolute Gasteiger partial charge is 0.416 e. The molecule has 3 unspecified atom stereocenters. The van der Waals surface area contributed by atoms with Gasteiger partial charge in [0.15, 0.2) is 0 Å². The minimum absolute atomic E-state index is 0. The Morgan fingerprint density at radius 2 is 1.66 bits per heavy atom. The Morgan fingerprint density at radius 3 is 2.31 bits per heavy atom. The summed E-state index contributed by atoms with van der Waals surface area (Å²) in [5.74, 6) is 0.721. The van der Waals surface area contributed by atoms with Gasteiger partial charge in [-0.2, -0.15) is 13.2 Å². The number of benzene rings is 1. The van der Waals surface area contributed by atoms with Crippen molar-refractivity contribution in [1.29, 1.82) is 0 Å². The Labute approximate surface area is 176 Å². The first-order valence-electron chi connectivity index (χ1n) is 10.6. The lowest BCUT2D eigenvalue weighted by atomic mass is 9.64. The summed E-state index contributed by atoms with van der Waals surface area (Å²) >= 11 is 0. The van der Waals surface area contributed by atoms with Gasteiger partial charge in [-0.25, -0.2) is 0 Å². The number of carbonyl (C=O) groups excluding carboxylic acids is 1. The van der Waals surface area contributed by atoms with E-state index in [2.05, 4.69) is 0 Å². The van der Waals surface area contributed by atoms with E-state index >= 15 is 0 Å². The molecule has 1 saturated heterocycles. The van der Waals surface area contributed by atoms with Crippen molar-refractivity contribution in [3.8, 4) is 0 Å². The van der Waals surface area contributed by atoms with Crippen molar-refractivity contribution < 1.29 is 18.0 Å². The third-order valence-corrected chi connectivity index (χ3v) is 7.17. The Bertz CT molecular complexity index is 712. The smallest absolute Gasteiger partial charge is 0.335 e. The molecule has 3 atom stereocenters. The van der Waals surface area contributed by atoms with E-state index in [-0.39, 0.29) is 35.8 Å². The van der Waals surface area contributed by atoms with Crippen molar-refractivity contribution in [3.63, 3.8) is 0 Å². The molecule has 1 heterocycles. The molecular formula is C22H30ClF3N2O. The summed E-state index contributed by atoms with van der Waals surface area (Å²) in [6, 6.07) is 5.45. The Kier molecular flexibility index (Phi) is 6.84. The number of fused-ring (bicyclic) bond motifs is 2. The summed E-state index contributed by atoms with van der Waals surface area (Å²) in [7, 11) is 0. The summed E-state index contributed by atoms with van der Waals surface area (Å²) in [5.41, 5.74) is 6.00. The van der Waals surface area contributed by atoms with Crippen LogP contribution < -0.4 is 5.73 Å². The highest BCUT2D eigenvalue weighted by atomic mass is 35.5. The van der Waals surface area contributed by atoms with E-state index in [0.717, 1.165) is 44.6 Å². The van der Waals surface area contributed by atoms with Gasteiger partial charge in [0.25, 0.3) is 0 Å². The van der Waals surface area contributed by atoms with Gasteiger partial charge >= 0.3 is 6.18 Å². The van der Waals surface area contributed by atoms with Crippen molar-refractivity contribution in [1.82, 2.24) is 4.90 Å². The summed E-state index contributed by atoms with van der Waals surface area (Å²) < 4.78 is 40.7. The molecule has 7 heteroatoms. The van der Waals surface area contributed by atoms with E-state index < -0.39 is 17.8 Å². The second-order valence-electron chi connectivity index (χ2n) is 8.82. The minimum Gasteiger partial charge on any atom is -0.335 e. The molecule has 29 heavy (non-hydrogen) atoms. The lowest BCUT2D eigenvalue weighted by Crippen LogP contribution is -2.51. The SMILES string of the molecule is Cl.NC1C2CCCC1CC(C(=O)N1CCCCC1c1ccccc1C(F)(F)F)C2. The molecule has 1 aromatic carbocycles. The Hall–Kier alpha value is -1.27. The molecule has 3 nitrogen and oxygen atoms in total. The molecule has 162 valence electrons. The predicted octanol–water partition coefficient (Wildman–Crippen LogP) is 5.33. The molecule has 3 fully saturated rings. The summed E-state index contributed by atoms with van der Waals surface area (Å²) in [6.07, 6.45) is 2.80. The normalized spacial score (nSPS) is 32.4. The van der Waals surface area contributed by atoms with Crippen molar-refractivity contribution in [2.45, 2.75) is 69.6 Å². The number of carbonyl (C=O) groups is 1. The second kappa shape index (κ2) is 8.84. The number of hydrogen-bond donors (Lipinski definition) is 1. The molecule has 2 bridgehead atoms. The number of hydrogen-bond acceptors (Lipinski definition) is 2. The van der Waals surface area contributed by atoms with Crippen LogP contribution in [0.4, 0.5) is 13.2 Å². The summed E-state index contributed by atoms with van der Waals surface area (Å²) in [5, 5.41) is 0. The third kappa shape index (κ3) is 4.43. The van der Waals surface area contributed by atoms with Crippen LogP contribution in [0.15, 0.2) is 24.3 Å². The first kappa shape index (κ1) is 22.4. The number of nitrogens with zero attached hydrogens (tertiary/aromatic N) is 1. The van der Waals surface area contributed by atoms with Crippen LogP contribution in [0.3, 0.4) is 0 Å². The molecule has 1 amide bonds. The summed E-state index contributed by atoms with van der Waals surface area (Å²) in [6.45, 7) is 0.549. The van der Waals surface area contributed by atoms with Gasteiger partial charge in [0.1, 0.15) is 0 Å². The zero-order valence-corrected chi connectivity index (χ0v) is 17.4. The van der Waals surface area contributed by atoms with Crippen LogP contribution in [0, 0.1) is 17.8 Å². The maximum absolute atomic E-state index is 13.6. The highest BCUT2D eigenvalue weighted by molar-refractivity contribution is 5.85. The molecule has 3 aliphatic rings. The predicted molar refractivity (Wildman–Crippen MR) is 109 cm³/mol. The number of alkyl halides is 3. The van der Waals surface area contributed by atoms with E-state index in [0.29, 0.717) is 24.8 Å². The molecule has 4 rings (SSSR count). The van der Waals surface area contributed by atoms with Crippen LogP contribution in [0.5, 0.6) is 0 Å². The van der Waals surface area contributed by atoms with E-state index in [9.17, 15) is 18.0 Å². The zero-order chi connectivity index (χ0) is 19.9. The Balaban J connectivity index is 0.00000240. The van der Waals surface area contributed by atoms with Crippen molar-refractivity contribution >= 4 is 18.3 Å². The van der Waals surface area contributed by atoms with Crippen LogP contribution in [0.25, 0.3) is 0 Å².